The third-order valence-electron chi connectivity index (χ3n) is 7.56. The van der Waals surface area contributed by atoms with Gasteiger partial charge in [0.15, 0.2) is 0 Å². The molecule has 0 aliphatic carbocycles. The van der Waals surface area contributed by atoms with E-state index >= 15 is 0 Å². The third kappa shape index (κ3) is 7.83. The second-order valence-electron chi connectivity index (χ2n) is 11.8. The van der Waals surface area contributed by atoms with E-state index in [0.29, 0.717) is 12.0 Å². The van der Waals surface area contributed by atoms with Gasteiger partial charge < -0.3 is 19.9 Å². The number of benzene rings is 2. The molecule has 1 aliphatic heterocycles. The first kappa shape index (κ1) is 29.7. The minimum absolute atomic E-state index is 0.0240. The number of piperazine rings is 1. The van der Waals surface area contributed by atoms with Crippen LogP contribution in [0.1, 0.15) is 92.8 Å². The predicted octanol–water partition coefficient (Wildman–Crippen LogP) is 6.38. The molecule has 2 amide bonds. The van der Waals surface area contributed by atoms with E-state index in [2.05, 4.69) is 64.0 Å². The summed E-state index contributed by atoms with van der Waals surface area (Å²) in [4.78, 5) is 31.0. The maximum absolute atomic E-state index is 13.5. The number of nitrogens with one attached hydrogen (secondary N) is 1. The second kappa shape index (κ2) is 13.3. The molecule has 1 fully saturated rings. The quantitative estimate of drug-likeness (QED) is 0.369. The van der Waals surface area contributed by atoms with Gasteiger partial charge in [-0.2, -0.15) is 0 Å². The summed E-state index contributed by atoms with van der Waals surface area (Å²) in [5.41, 5.74) is 4.41. The van der Waals surface area contributed by atoms with Crippen molar-refractivity contribution in [3.63, 3.8) is 0 Å². The first-order chi connectivity index (χ1) is 18.0. The van der Waals surface area contributed by atoms with E-state index in [-0.39, 0.29) is 23.1 Å². The van der Waals surface area contributed by atoms with E-state index in [1.54, 1.807) is 7.11 Å². The monoisotopic (exact) mass is 521 g/mol. The van der Waals surface area contributed by atoms with Gasteiger partial charge in [-0.15, -0.1) is 0 Å². The number of rotatable bonds is 10. The summed E-state index contributed by atoms with van der Waals surface area (Å²) < 4.78 is 5.71. The highest BCUT2D eigenvalue weighted by Crippen LogP contribution is 2.35. The summed E-state index contributed by atoms with van der Waals surface area (Å²) in [7, 11) is 3.77. The van der Waals surface area contributed by atoms with E-state index in [9.17, 15) is 9.59 Å². The molecule has 6 heteroatoms. The number of amides is 2. The zero-order valence-corrected chi connectivity index (χ0v) is 24.5. The molecule has 2 aromatic rings. The summed E-state index contributed by atoms with van der Waals surface area (Å²) in [5.74, 6) is 0.888. The van der Waals surface area contributed by atoms with Crippen molar-refractivity contribution in [2.45, 2.75) is 78.1 Å². The van der Waals surface area contributed by atoms with Crippen LogP contribution in [0.25, 0.3) is 0 Å². The van der Waals surface area contributed by atoms with Crippen LogP contribution >= 0.6 is 0 Å². The molecule has 0 spiro atoms. The molecule has 0 bridgehead atoms. The molecule has 0 radical (unpaired) electrons. The lowest BCUT2D eigenvalue weighted by atomic mass is 9.84. The number of methoxy groups -OCH3 is 1. The van der Waals surface area contributed by atoms with Crippen LogP contribution in [0.2, 0.25) is 0 Å². The largest absolute Gasteiger partial charge is 0.496 e. The Kier molecular flexibility index (Phi) is 10.4. The van der Waals surface area contributed by atoms with Crippen LogP contribution in [0.4, 0.5) is 5.69 Å². The molecule has 38 heavy (non-hydrogen) atoms. The smallest absolute Gasteiger partial charge is 0.254 e. The molecule has 1 aliphatic rings. The van der Waals surface area contributed by atoms with Gasteiger partial charge >= 0.3 is 0 Å². The molecule has 3 rings (SSSR count). The molecule has 0 aromatic heterocycles. The molecule has 1 unspecified atom stereocenters. The average Bonchev–Trinajstić information content (AvgIpc) is 2.87. The van der Waals surface area contributed by atoms with Crippen molar-refractivity contribution in [1.82, 2.24) is 9.80 Å². The first-order valence-electron chi connectivity index (χ1n) is 14.1. The number of hydrogen-bond acceptors (Lipinski definition) is 4. The van der Waals surface area contributed by atoms with Crippen LogP contribution in [-0.4, -0.2) is 62.0 Å². The topological polar surface area (TPSA) is 61.9 Å². The fraction of sp³-hybridized carbons (Fsp3) is 0.562. The van der Waals surface area contributed by atoms with E-state index in [0.717, 1.165) is 80.0 Å². The van der Waals surface area contributed by atoms with E-state index in [1.807, 2.05) is 29.2 Å². The summed E-state index contributed by atoms with van der Waals surface area (Å²) in [6, 6.07) is 12.0. The maximum Gasteiger partial charge on any atom is 0.254 e. The Hall–Kier alpha value is -2.86. The number of hydrogen-bond donors (Lipinski definition) is 1. The molecule has 6 nitrogen and oxygen atoms in total. The van der Waals surface area contributed by atoms with Crippen LogP contribution in [0.15, 0.2) is 36.4 Å². The normalized spacial score (nSPS) is 15.3. The molecular weight excluding hydrogens is 474 g/mol. The number of nitrogens with zero attached hydrogens (tertiary/aromatic N) is 2. The molecule has 208 valence electrons. The number of unbranched alkanes of at least 4 members (excludes halogenated alkanes) is 2. The molecule has 1 atom stereocenters. The van der Waals surface area contributed by atoms with Crippen LogP contribution in [0, 0.1) is 6.92 Å². The number of anilines is 1. The van der Waals surface area contributed by atoms with Gasteiger partial charge in [0.1, 0.15) is 5.75 Å². The van der Waals surface area contributed by atoms with Crippen LogP contribution in [-0.2, 0) is 10.2 Å². The molecule has 1 saturated heterocycles. The zero-order chi connectivity index (χ0) is 27.9. The summed E-state index contributed by atoms with van der Waals surface area (Å²) in [6.45, 7) is 13.8. The van der Waals surface area contributed by atoms with Crippen molar-refractivity contribution >= 4 is 17.5 Å². The zero-order valence-electron chi connectivity index (χ0n) is 24.5. The lowest BCUT2D eigenvalue weighted by Crippen LogP contribution is -2.47. The highest BCUT2D eigenvalue weighted by Gasteiger charge is 2.26. The maximum atomic E-state index is 13.5. The Labute approximate surface area is 229 Å². The lowest BCUT2D eigenvalue weighted by molar-refractivity contribution is -0.116. The van der Waals surface area contributed by atoms with Crippen molar-refractivity contribution in [2.75, 3.05) is 45.7 Å². The Balaban J connectivity index is 1.85. The third-order valence-corrected chi connectivity index (χ3v) is 7.56. The van der Waals surface area contributed by atoms with Gasteiger partial charge in [-0.1, -0.05) is 65.2 Å². The standard InChI is InChI=1S/C32H47N3O3/c1-8-9-10-11-24(26-14-12-23(2)20-29(26)38-7)22-30(36)33-28-21-25(13-15-27(28)32(3,4)5)31(37)35-18-16-34(6)17-19-35/h12-15,20-21,24H,8-11,16-19,22H2,1-7H3,(H,33,36). The van der Waals surface area contributed by atoms with Gasteiger partial charge in [0.2, 0.25) is 5.91 Å². The average molecular weight is 522 g/mol. The fourth-order valence-corrected chi connectivity index (χ4v) is 5.22. The van der Waals surface area contributed by atoms with Crippen molar-refractivity contribution in [3.8, 4) is 5.75 Å². The van der Waals surface area contributed by atoms with Gasteiger partial charge in [0.05, 0.1) is 7.11 Å². The van der Waals surface area contributed by atoms with Crippen molar-refractivity contribution in [2.24, 2.45) is 0 Å². The minimum Gasteiger partial charge on any atom is -0.496 e. The van der Waals surface area contributed by atoms with E-state index < -0.39 is 0 Å². The summed E-state index contributed by atoms with van der Waals surface area (Å²) >= 11 is 0. The predicted molar refractivity (Wildman–Crippen MR) is 156 cm³/mol. The first-order valence-corrected chi connectivity index (χ1v) is 14.1. The SMILES string of the molecule is CCCCCC(CC(=O)Nc1cc(C(=O)N2CCN(C)CC2)ccc1C(C)(C)C)c1ccc(C)cc1OC. The van der Waals surface area contributed by atoms with Crippen molar-refractivity contribution in [3.05, 3.63) is 58.7 Å². The van der Waals surface area contributed by atoms with Gasteiger partial charge in [0.25, 0.3) is 5.91 Å². The van der Waals surface area contributed by atoms with E-state index in [1.165, 1.54) is 0 Å². The Morgan fingerprint density at radius 2 is 1.74 bits per heavy atom. The minimum atomic E-state index is -0.182. The molecule has 0 saturated carbocycles. The summed E-state index contributed by atoms with van der Waals surface area (Å²) in [5, 5.41) is 3.20. The second-order valence-corrected chi connectivity index (χ2v) is 11.8. The summed E-state index contributed by atoms with van der Waals surface area (Å²) in [6.07, 6.45) is 4.62. The Bertz CT molecular complexity index is 1100. The highest BCUT2D eigenvalue weighted by molar-refractivity contribution is 5.98. The van der Waals surface area contributed by atoms with Crippen LogP contribution < -0.4 is 10.1 Å². The van der Waals surface area contributed by atoms with Crippen molar-refractivity contribution < 1.29 is 14.3 Å². The van der Waals surface area contributed by atoms with Gasteiger partial charge in [-0.3, -0.25) is 9.59 Å². The molecular formula is C32H47N3O3. The fourth-order valence-electron chi connectivity index (χ4n) is 5.22. The van der Waals surface area contributed by atoms with Gasteiger partial charge in [0, 0.05) is 43.9 Å². The number of aryl methyl sites for hydroxylation is 1. The van der Waals surface area contributed by atoms with E-state index in [4.69, 9.17) is 4.74 Å². The number of carbonyl (C=O) groups is 2. The molecule has 1 heterocycles. The van der Waals surface area contributed by atoms with Crippen molar-refractivity contribution in [1.29, 1.82) is 0 Å². The van der Waals surface area contributed by atoms with Gasteiger partial charge in [-0.25, -0.2) is 0 Å². The Morgan fingerprint density at radius 1 is 1.03 bits per heavy atom. The number of ether oxygens (including phenoxy) is 1. The molecule has 1 N–H and O–H groups in total. The Morgan fingerprint density at radius 3 is 2.37 bits per heavy atom. The van der Waals surface area contributed by atoms with Gasteiger partial charge in [-0.05, 0) is 66.6 Å². The van der Waals surface area contributed by atoms with Crippen LogP contribution in [0.3, 0.4) is 0 Å². The highest BCUT2D eigenvalue weighted by atomic mass is 16.5. The lowest BCUT2D eigenvalue weighted by Gasteiger charge is -2.33. The number of carbonyl (C=O) groups excluding carboxylic acids is 2. The van der Waals surface area contributed by atoms with Crippen LogP contribution in [0.5, 0.6) is 5.75 Å². The molecule has 2 aromatic carbocycles. The number of likely N-dealkylation sites (N-methyl/N-ethyl adjacent to an activating group) is 1.